The number of rotatable bonds is 0. The van der Waals surface area contributed by atoms with E-state index in [4.69, 9.17) is 4.74 Å². The number of piperidine rings is 1. The van der Waals surface area contributed by atoms with Crippen LogP contribution in [0.25, 0.3) is 0 Å². The Labute approximate surface area is 91.0 Å². The third kappa shape index (κ3) is 2.49. The maximum absolute atomic E-state index is 11.4. The molecule has 86 valence electrons. The topological polar surface area (TPSA) is 41.6 Å². The van der Waals surface area contributed by atoms with Crippen LogP contribution in [0.15, 0.2) is 0 Å². The van der Waals surface area contributed by atoms with Gasteiger partial charge in [-0.15, -0.1) is 0 Å². The summed E-state index contributed by atoms with van der Waals surface area (Å²) < 4.78 is 5.63. The molecule has 4 heteroatoms. The minimum Gasteiger partial charge on any atom is -0.379 e. The molecule has 1 unspecified atom stereocenters. The molecule has 1 spiro atoms. The lowest BCUT2D eigenvalue weighted by molar-refractivity contribution is -0.130. The van der Waals surface area contributed by atoms with Crippen molar-refractivity contribution in [3.8, 4) is 0 Å². The molecule has 0 aliphatic carbocycles. The molecular weight excluding hydrogens is 192 g/mol. The van der Waals surface area contributed by atoms with Gasteiger partial charge in [-0.25, -0.2) is 0 Å². The molecule has 1 N–H and O–H groups in total. The highest BCUT2D eigenvalue weighted by atomic mass is 16.5. The average molecular weight is 212 g/mol. The van der Waals surface area contributed by atoms with E-state index in [0.717, 1.165) is 32.8 Å². The molecule has 0 bridgehead atoms. The fourth-order valence-corrected chi connectivity index (χ4v) is 2.55. The first kappa shape index (κ1) is 10.9. The molecule has 0 saturated carbocycles. The number of hydrogen-bond acceptors (Lipinski definition) is 3. The van der Waals surface area contributed by atoms with Gasteiger partial charge in [-0.1, -0.05) is 0 Å². The Morgan fingerprint density at radius 3 is 3.07 bits per heavy atom. The van der Waals surface area contributed by atoms with Gasteiger partial charge < -0.3 is 15.0 Å². The van der Waals surface area contributed by atoms with Gasteiger partial charge in [0.2, 0.25) is 5.91 Å². The van der Waals surface area contributed by atoms with Crippen molar-refractivity contribution < 1.29 is 9.53 Å². The third-order valence-electron chi connectivity index (χ3n) is 3.45. The van der Waals surface area contributed by atoms with E-state index >= 15 is 0 Å². The number of carbonyl (C=O) groups excluding carboxylic acids is 1. The number of carbonyl (C=O) groups is 1. The summed E-state index contributed by atoms with van der Waals surface area (Å²) in [6, 6.07) is 0. The van der Waals surface area contributed by atoms with Crippen LogP contribution in [0.1, 0.15) is 19.8 Å². The quantitative estimate of drug-likeness (QED) is 0.625. The monoisotopic (exact) mass is 212 g/mol. The summed E-state index contributed by atoms with van der Waals surface area (Å²) in [5.74, 6) is 0.172. The summed E-state index contributed by atoms with van der Waals surface area (Å²) in [5.41, 5.74) is 0.167. The molecule has 15 heavy (non-hydrogen) atoms. The van der Waals surface area contributed by atoms with Crippen molar-refractivity contribution >= 4 is 5.91 Å². The normalized spacial score (nSPS) is 32.7. The van der Waals surface area contributed by atoms with Gasteiger partial charge in [0, 0.05) is 32.0 Å². The van der Waals surface area contributed by atoms with Crippen LogP contribution in [-0.2, 0) is 9.53 Å². The molecule has 2 fully saturated rings. The molecule has 2 heterocycles. The Kier molecular flexibility index (Phi) is 3.26. The first-order valence-corrected chi connectivity index (χ1v) is 5.76. The van der Waals surface area contributed by atoms with Gasteiger partial charge in [0.15, 0.2) is 0 Å². The summed E-state index contributed by atoms with van der Waals surface area (Å²) >= 11 is 0. The van der Waals surface area contributed by atoms with Gasteiger partial charge in [0.05, 0.1) is 13.2 Å². The molecule has 2 aliphatic heterocycles. The van der Waals surface area contributed by atoms with Crippen LogP contribution in [-0.4, -0.2) is 50.2 Å². The molecule has 0 radical (unpaired) electrons. The van der Waals surface area contributed by atoms with Crippen molar-refractivity contribution in [1.82, 2.24) is 10.2 Å². The van der Waals surface area contributed by atoms with Crippen LogP contribution in [0, 0.1) is 5.41 Å². The predicted molar refractivity (Wildman–Crippen MR) is 57.6 cm³/mol. The van der Waals surface area contributed by atoms with Gasteiger partial charge >= 0.3 is 0 Å². The zero-order chi connectivity index (χ0) is 10.7. The summed E-state index contributed by atoms with van der Waals surface area (Å²) in [4.78, 5) is 13.4. The molecule has 2 rings (SSSR count). The summed E-state index contributed by atoms with van der Waals surface area (Å²) in [5, 5.41) is 3.41. The molecule has 1 amide bonds. The highest BCUT2D eigenvalue weighted by molar-refractivity contribution is 5.73. The Hall–Kier alpha value is -0.610. The summed E-state index contributed by atoms with van der Waals surface area (Å²) in [6.07, 6.45) is 2.36. The van der Waals surface area contributed by atoms with E-state index in [2.05, 4.69) is 5.32 Å². The largest absolute Gasteiger partial charge is 0.379 e. The van der Waals surface area contributed by atoms with Gasteiger partial charge in [0.1, 0.15) is 0 Å². The van der Waals surface area contributed by atoms with E-state index in [1.807, 2.05) is 4.90 Å². The minimum atomic E-state index is 0.167. The molecule has 2 saturated heterocycles. The molecule has 0 aromatic rings. The van der Waals surface area contributed by atoms with Gasteiger partial charge in [0.25, 0.3) is 0 Å². The highest BCUT2D eigenvalue weighted by Gasteiger charge is 2.36. The lowest BCUT2D eigenvalue weighted by atomic mass is 9.81. The third-order valence-corrected chi connectivity index (χ3v) is 3.45. The standard InChI is InChI=1S/C11H20N2O2/c1-10(14)13-5-6-15-9-11(8-13)3-2-4-12-7-11/h12H,2-9H2,1H3. The fraction of sp³-hybridized carbons (Fsp3) is 0.909. The van der Waals surface area contributed by atoms with E-state index in [1.54, 1.807) is 6.92 Å². The average Bonchev–Trinajstić information content (AvgIpc) is 2.43. The number of nitrogens with one attached hydrogen (secondary N) is 1. The van der Waals surface area contributed by atoms with Crippen molar-refractivity contribution in [3.05, 3.63) is 0 Å². The Bertz CT molecular complexity index is 237. The second kappa shape index (κ2) is 4.49. The molecule has 0 aromatic carbocycles. The molecule has 0 aromatic heterocycles. The lowest BCUT2D eigenvalue weighted by Gasteiger charge is -2.38. The van der Waals surface area contributed by atoms with E-state index in [-0.39, 0.29) is 11.3 Å². The van der Waals surface area contributed by atoms with Crippen LogP contribution in [0.4, 0.5) is 0 Å². The number of hydrogen-bond donors (Lipinski definition) is 1. The summed E-state index contributed by atoms with van der Waals surface area (Å²) in [7, 11) is 0. The molecule has 1 atom stereocenters. The van der Waals surface area contributed by atoms with E-state index in [0.29, 0.717) is 6.61 Å². The summed E-state index contributed by atoms with van der Waals surface area (Å²) in [6.45, 7) is 6.81. The second-order valence-electron chi connectivity index (χ2n) is 4.77. The van der Waals surface area contributed by atoms with Crippen LogP contribution >= 0.6 is 0 Å². The van der Waals surface area contributed by atoms with Crippen molar-refractivity contribution in [2.45, 2.75) is 19.8 Å². The van der Waals surface area contributed by atoms with E-state index in [9.17, 15) is 4.79 Å². The first-order valence-electron chi connectivity index (χ1n) is 5.76. The van der Waals surface area contributed by atoms with Crippen molar-refractivity contribution in [1.29, 1.82) is 0 Å². The SMILES string of the molecule is CC(=O)N1CCOCC2(CCCNC2)C1. The highest BCUT2D eigenvalue weighted by Crippen LogP contribution is 2.29. The maximum atomic E-state index is 11.4. The first-order chi connectivity index (χ1) is 7.22. The maximum Gasteiger partial charge on any atom is 0.219 e. The van der Waals surface area contributed by atoms with E-state index < -0.39 is 0 Å². The minimum absolute atomic E-state index is 0.167. The Morgan fingerprint density at radius 2 is 2.40 bits per heavy atom. The fourth-order valence-electron chi connectivity index (χ4n) is 2.55. The molecular formula is C11H20N2O2. The number of ether oxygens (including phenoxy) is 1. The van der Waals surface area contributed by atoms with E-state index in [1.165, 1.54) is 12.8 Å². The van der Waals surface area contributed by atoms with Crippen LogP contribution in [0.5, 0.6) is 0 Å². The molecule has 4 nitrogen and oxygen atoms in total. The molecule has 2 aliphatic rings. The van der Waals surface area contributed by atoms with Crippen LogP contribution in [0.2, 0.25) is 0 Å². The van der Waals surface area contributed by atoms with Crippen molar-refractivity contribution in [3.63, 3.8) is 0 Å². The predicted octanol–water partition coefficient (Wildman–Crippen LogP) is 0.235. The Morgan fingerprint density at radius 1 is 1.53 bits per heavy atom. The van der Waals surface area contributed by atoms with Crippen molar-refractivity contribution in [2.24, 2.45) is 5.41 Å². The Balaban J connectivity index is 2.06. The second-order valence-corrected chi connectivity index (χ2v) is 4.77. The van der Waals surface area contributed by atoms with Gasteiger partial charge in [-0.3, -0.25) is 4.79 Å². The van der Waals surface area contributed by atoms with Crippen LogP contribution in [0.3, 0.4) is 0 Å². The number of nitrogens with zero attached hydrogens (tertiary/aromatic N) is 1. The number of amides is 1. The van der Waals surface area contributed by atoms with Gasteiger partial charge in [-0.2, -0.15) is 0 Å². The van der Waals surface area contributed by atoms with Crippen molar-refractivity contribution in [2.75, 3.05) is 39.4 Å². The zero-order valence-electron chi connectivity index (χ0n) is 9.42. The smallest absolute Gasteiger partial charge is 0.219 e. The zero-order valence-corrected chi connectivity index (χ0v) is 9.42. The van der Waals surface area contributed by atoms with Gasteiger partial charge in [-0.05, 0) is 19.4 Å². The lowest BCUT2D eigenvalue weighted by Crippen LogP contribution is -2.49. The van der Waals surface area contributed by atoms with Crippen LogP contribution < -0.4 is 5.32 Å².